The Morgan fingerprint density at radius 1 is 0.950 bits per heavy atom. The van der Waals surface area contributed by atoms with Gasteiger partial charge in [-0.05, 0) is 84.1 Å². The Morgan fingerprint density at radius 3 is 2.20 bits per heavy atom. The van der Waals surface area contributed by atoms with Gasteiger partial charge in [0, 0.05) is 17.3 Å². The first kappa shape index (κ1) is 33.4. The van der Waals surface area contributed by atoms with Crippen molar-refractivity contribution in [2.24, 2.45) is 0 Å². The first-order valence-electron chi connectivity index (χ1n) is 15.1. The van der Waals surface area contributed by atoms with Crippen LogP contribution in [0.25, 0.3) is 0 Å². The van der Waals surface area contributed by atoms with Crippen molar-refractivity contribution >= 4 is 28.3 Å². The van der Waals surface area contributed by atoms with Gasteiger partial charge in [0.1, 0.15) is 6.04 Å². The molecule has 0 bridgehead atoms. The van der Waals surface area contributed by atoms with Crippen LogP contribution in [0.2, 0.25) is 0 Å². The molecule has 1 aromatic heterocycles. The number of unbranched alkanes of at least 4 members (excludes halogenated alkanes) is 1. The van der Waals surface area contributed by atoms with Gasteiger partial charge >= 0.3 is 0 Å². The van der Waals surface area contributed by atoms with Gasteiger partial charge in [0.15, 0.2) is 5.13 Å². The first-order valence-corrected chi connectivity index (χ1v) is 15.9. The number of fused-ring (bicyclic) bond motifs is 1. The van der Waals surface area contributed by atoms with E-state index in [9.17, 15) is 9.59 Å². The number of carbonyl (C=O) groups is 2. The highest BCUT2D eigenvalue weighted by Gasteiger charge is 2.23. The van der Waals surface area contributed by atoms with Crippen LogP contribution in [0.5, 0.6) is 0 Å². The number of allylic oxidation sites excluding steroid dienone is 10. The Hall–Kier alpha value is -2.77. The van der Waals surface area contributed by atoms with Crippen LogP contribution in [-0.4, -0.2) is 35.4 Å². The summed E-state index contributed by atoms with van der Waals surface area (Å²) in [5.41, 5.74) is 1.10. The number of hydrogen-bond donors (Lipinski definition) is 3. The minimum Gasteiger partial charge on any atom is -0.345 e. The summed E-state index contributed by atoms with van der Waals surface area (Å²) in [6.45, 7) is 7.07. The number of nitrogens with zero attached hydrogens (tertiary/aromatic N) is 1. The second-order valence-electron chi connectivity index (χ2n) is 10.2. The van der Waals surface area contributed by atoms with Crippen molar-refractivity contribution in [2.75, 3.05) is 11.9 Å². The minimum absolute atomic E-state index is 0.0988. The number of thiazole rings is 1. The van der Waals surface area contributed by atoms with Crippen molar-refractivity contribution in [3.05, 3.63) is 71.3 Å². The largest absolute Gasteiger partial charge is 0.345 e. The molecule has 6 nitrogen and oxygen atoms in total. The molecule has 0 aromatic carbocycles. The van der Waals surface area contributed by atoms with E-state index in [1.54, 1.807) is 18.3 Å². The molecule has 40 heavy (non-hydrogen) atoms. The number of aryl methyl sites for hydroxylation is 1. The third-order valence-electron chi connectivity index (χ3n) is 6.56. The average Bonchev–Trinajstić information content (AvgIpc) is 3.35. The molecule has 1 heterocycles. The van der Waals surface area contributed by atoms with Crippen LogP contribution in [-0.2, 0) is 22.4 Å². The number of amides is 2. The number of hydrogen-bond acceptors (Lipinski definition) is 5. The van der Waals surface area contributed by atoms with Crippen LogP contribution in [0.15, 0.2) is 60.8 Å². The monoisotopic (exact) mass is 566 g/mol. The average molecular weight is 567 g/mol. The van der Waals surface area contributed by atoms with E-state index in [1.165, 1.54) is 4.88 Å². The van der Waals surface area contributed by atoms with Gasteiger partial charge in [0.2, 0.25) is 11.8 Å². The molecular weight excluding hydrogens is 516 g/mol. The molecule has 0 unspecified atom stereocenters. The van der Waals surface area contributed by atoms with Gasteiger partial charge in [0.25, 0.3) is 0 Å². The van der Waals surface area contributed by atoms with E-state index in [-0.39, 0.29) is 11.8 Å². The summed E-state index contributed by atoms with van der Waals surface area (Å²) >= 11 is 1.56. The van der Waals surface area contributed by atoms with E-state index < -0.39 is 6.04 Å². The Balaban J connectivity index is 1.54. The van der Waals surface area contributed by atoms with E-state index in [2.05, 4.69) is 95.5 Å². The number of rotatable bonds is 19. The van der Waals surface area contributed by atoms with Crippen molar-refractivity contribution < 1.29 is 9.59 Å². The van der Waals surface area contributed by atoms with Gasteiger partial charge < -0.3 is 16.0 Å². The SMILES string of the molecule is CC/C=C\C/C=C\C/C=C\C/C=C\C/C=C\CCCC(=O)N[C@@H](C)C(=O)Nc1nc2c(s1)C[C@H](NCCC)CC2. The quantitative estimate of drug-likeness (QED) is 0.121. The van der Waals surface area contributed by atoms with E-state index in [1.807, 2.05) is 0 Å². The summed E-state index contributed by atoms with van der Waals surface area (Å²) in [6.07, 6.45) is 32.9. The molecule has 7 heteroatoms. The summed E-state index contributed by atoms with van der Waals surface area (Å²) < 4.78 is 0. The second kappa shape index (κ2) is 21.0. The molecule has 1 aromatic rings. The van der Waals surface area contributed by atoms with Crippen molar-refractivity contribution in [1.29, 1.82) is 0 Å². The molecule has 1 aliphatic rings. The lowest BCUT2D eigenvalue weighted by Crippen LogP contribution is -2.41. The molecule has 0 aliphatic heterocycles. The molecule has 2 rings (SSSR count). The van der Waals surface area contributed by atoms with Crippen LogP contribution >= 0.6 is 11.3 Å². The smallest absolute Gasteiger partial charge is 0.248 e. The summed E-state index contributed by atoms with van der Waals surface area (Å²) in [5.74, 6) is -0.323. The maximum atomic E-state index is 12.6. The highest BCUT2D eigenvalue weighted by Crippen LogP contribution is 2.30. The number of anilines is 1. The molecule has 2 amide bonds. The normalized spacial score (nSPS) is 16.5. The molecule has 0 spiro atoms. The van der Waals surface area contributed by atoms with E-state index >= 15 is 0 Å². The summed E-state index contributed by atoms with van der Waals surface area (Å²) in [4.78, 5) is 30.8. The van der Waals surface area contributed by atoms with Gasteiger partial charge in [0.05, 0.1) is 5.69 Å². The zero-order chi connectivity index (χ0) is 28.8. The second-order valence-corrected chi connectivity index (χ2v) is 11.2. The van der Waals surface area contributed by atoms with Crippen molar-refractivity contribution in [3.63, 3.8) is 0 Å². The highest BCUT2D eigenvalue weighted by atomic mass is 32.1. The molecule has 0 saturated carbocycles. The Kier molecular flexibility index (Phi) is 17.6. The van der Waals surface area contributed by atoms with E-state index in [4.69, 9.17) is 0 Å². The van der Waals surface area contributed by atoms with Gasteiger partial charge in [-0.15, -0.1) is 11.3 Å². The van der Waals surface area contributed by atoms with Crippen LogP contribution in [0, 0.1) is 0 Å². The van der Waals surface area contributed by atoms with Crippen LogP contribution < -0.4 is 16.0 Å². The van der Waals surface area contributed by atoms with Crippen molar-refractivity contribution in [1.82, 2.24) is 15.6 Å². The fraction of sp³-hybridized carbons (Fsp3) is 0.545. The lowest BCUT2D eigenvalue weighted by atomic mass is 9.98. The third-order valence-corrected chi connectivity index (χ3v) is 7.59. The van der Waals surface area contributed by atoms with Crippen LogP contribution in [0.4, 0.5) is 5.13 Å². The molecular formula is C33H50N4O2S. The van der Waals surface area contributed by atoms with Crippen molar-refractivity contribution in [2.45, 2.75) is 110 Å². The number of aromatic nitrogens is 1. The summed E-state index contributed by atoms with van der Waals surface area (Å²) in [5, 5.41) is 9.92. The molecule has 0 radical (unpaired) electrons. The molecule has 0 saturated heterocycles. The van der Waals surface area contributed by atoms with Crippen LogP contribution in [0.3, 0.4) is 0 Å². The molecule has 1 aliphatic carbocycles. The Morgan fingerprint density at radius 2 is 1.57 bits per heavy atom. The highest BCUT2D eigenvalue weighted by molar-refractivity contribution is 7.15. The topological polar surface area (TPSA) is 83.1 Å². The summed E-state index contributed by atoms with van der Waals surface area (Å²) in [7, 11) is 0. The lowest BCUT2D eigenvalue weighted by Gasteiger charge is -2.21. The summed E-state index contributed by atoms with van der Waals surface area (Å²) in [6, 6.07) is -0.106. The predicted molar refractivity (Wildman–Crippen MR) is 171 cm³/mol. The van der Waals surface area contributed by atoms with E-state index in [0.29, 0.717) is 17.6 Å². The fourth-order valence-corrected chi connectivity index (χ4v) is 5.38. The van der Waals surface area contributed by atoms with E-state index in [0.717, 1.165) is 82.9 Å². The number of carbonyl (C=O) groups excluding carboxylic acids is 2. The number of nitrogens with one attached hydrogen (secondary N) is 3. The minimum atomic E-state index is -0.596. The maximum absolute atomic E-state index is 12.6. The zero-order valence-electron chi connectivity index (χ0n) is 24.8. The van der Waals surface area contributed by atoms with Gasteiger partial charge in [-0.2, -0.15) is 0 Å². The predicted octanol–water partition coefficient (Wildman–Crippen LogP) is 7.36. The molecule has 220 valence electrons. The van der Waals surface area contributed by atoms with Gasteiger partial charge in [-0.1, -0.05) is 74.6 Å². The Labute approximate surface area is 246 Å². The zero-order valence-corrected chi connectivity index (χ0v) is 25.6. The lowest BCUT2D eigenvalue weighted by molar-refractivity contribution is -0.126. The van der Waals surface area contributed by atoms with Gasteiger partial charge in [-0.3, -0.25) is 9.59 Å². The maximum Gasteiger partial charge on any atom is 0.248 e. The van der Waals surface area contributed by atoms with Crippen LogP contribution in [0.1, 0.15) is 95.6 Å². The first-order chi connectivity index (χ1) is 19.5. The Bertz CT molecular complexity index is 1020. The van der Waals surface area contributed by atoms with Crippen molar-refractivity contribution in [3.8, 4) is 0 Å². The van der Waals surface area contributed by atoms with Gasteiger partial charge in [-0.25, -0.2) is 4.98 Å². The third kappa shape index (κ3) is 14.6. The fourth-order valence-electron chi connectivity index (χ4n) is 4.29. The molecule has 3 N–H and O–H groups in total. The standard InChI is InChI=1S/C33H50N4O2S/c1-4-6-7-8-9-10-11-12-13-14-15-16-17-18-19-20-21-22-31(38)35-27(3)32(39)37-33-36-29-24-23-28(34-25-5-2)26-30(29)40-33/h6-7,9-10,12-13,15-16,18-19,27-28,34H,4-5,8,11,14,17,20-26H2,1-3H3,(H,35,38)(H,36,37,39)/b7-6-,10-9-,13-12-,16-15-,19-18-/t27-,28+/m0/s1. The molecule has 0 fully saturated rings. The molecule has 2 atom stereocenters.